The number of nitrogens with one attached hydrogen (secondary N) is 2. The van der Waals surface area contributed by atoms with Crippen LogP contribution in [0.3, 0.4) is 0 Å². The maximum atomic E-state index is 12.0. The third-order valence-electron chi connectivity index (χ3n) is 3.50. The minimum absolute atomic E-state index is 0.129. The Hall–Kier alpha value is -1.43. The molecule has 3 rings (SSSR count). The van der Waals surface area contributed by atoms with Gasteiger partial charge in [0, 0.05) is 24.3 Å². The Morgan fingerprint density at radius 2 is 2.20 bits per heavy atom. The van der Waals surface area contributed by atoms with Crippen molar-refractivity contribution in [3.63, 3.8) is 0 Å². The summed E-state index contributed by atoms with van der Waals surface area (Å²) in [5.41, 5.74) is 0.500. The molecule has 5 nitrogen and oxygen atoms in total. The molecule has 0 aliphatic carbocycles. The van der Waals surface area contributed by atoms with Gasteiger partial charge in [-0.3, -0.25) is 4.79 Å². The number of nitrogens with zero attached hydrogens (tertiary/aromatic N) is 1. The van der Waals surface area contributed by atoms with Gasteiger partial charge in [0.15, 0.2) is 0 Å². The lowest BCUT2D eigenvalue weighted by Gasteiger charge is -2.22. The van der Waals surface area contributed by atoms with Crippen LogP contribution in [0.1, 0.15) is 18.7 Å². The predicted molar refractivity (Wildman–Crippen MR) is 78.1 cm³/mol. The molecule has 1 aliphatic heterocycles. The van der Waals surface area contributed by atoms with E-state index in [2.05, 4.69) is 15.3 Å². The zero-order valence-electron chi connectivity index (χ0n) is 11.0. The summed E-state index contributed by atoms with van der Waals surface area (Å²) in [6.07, 6.45) is 1.98. The average molecular weight is 294 g/mol. The molecule has 1 aromatic carbocycles. The van der Waals surface area contributed by atoms with Crippen molar-refractivity contribution in [3.8, 4) is 0 Å². The zero-order valence-corrected chi connectivity index (χ0v) is 11.7. The molecule has 2 aromatic rings. The van der Waals surface area contributed by atoms with Crippen LogP contribution >= 0.6 is 11.6 Å². The van der Waals surface area contributed by atoms with E-state index in [1.807, 2.05) is 0 Å². The summed E-state index contributed by atoms with van der Waals surface area (Å²) in [5, 5.41) is 4.54. The molecule has 0 atom stereocenters. The number of H-pyrrole nitrogens is 1. The van der Waals surface area contributed by atoms with Gasteiger partial charge in [-0.1, -0.05) is 11.6 Å². The van der Waals surface area contributed by atoms with E-state index in [1.54, 1.807) is 18.2 Å². The monoisotopic (exact) mass is 293 g/mol. The molecule has 2 heterocycles. The smallest absolute Gasteiger partial charge is 0.258 e. The van der Waals surface area contributed by atoms with Crippen LogP contribution in [0, 0.1) is 0 Å². The van der Waals surface area contributed by atoms with Crippen molar-refractivity contribution in [2.75, 3.05) is 13.2 Å². The number of ether oxygens (including phenoxy) is 1. The van der Waals surface area contributed by atoms with Gasteiger partial charge < -0.3 is 15.0 Å². The fourth-order valence-corrected chi connectivity index (χ4v) is 2.55. The molecule has 6 heteroatoms. The zero-order chi connectivity index (χ0) is 13.9. The Bertz CT molecular complexity index is 665. The largest absolute Gasteiger partial charge is 0.381 e. The minimum atomic E-state index is -0.129. The second kappa shape index (κ2) is 5.91. The van der Waals surface area contributed by atoms with E-state index in [-0.39, 0.29) is 5.56 Å². The lowest BCUT2D eigenvalue weighted by Crippen LogP contribution is -2.35. The van der Waals surface area contributed by atoms with Crippen LogP contribution < -0.4 is 10.9 Å². The normalized spacial score (nSPS) is 16.6. The Morgan fingerprint density at radius 1 is 1.40 bits per heavy atom. The van der Waals surface area contributed by atoms with Gasteiger partial charge in [0.25, 0.3) is 5.56 Å². The highest BCUT2D eigenvalue weighted by Crippen LogP contribution is 2.14. The third-order valence-corrected chi connectivity index (χ3v) is 3.73. The molecule has 2 N–H and O–H groups in total. The first-order valence-corrected chi connectivity index (χ1v) is 7.10. The molecule has 1 fully saturated rings. The van der Waals surface area contributed by atoms with Gasteiger partial charge in [-0.05, 0) is 31.0 Å². The summed E-state index contributed by atoms with van der Waals surface area (Å²) in [5.74, 6) is 0.635. The van der Waals surface area contributed by atoms with Crippen molar-refractivity contribution in [1.29, 1.82) is 0 Å². The second-order valence-electron chi connectivity index (χ2n) is 4.94. The summed E-state index contributed by atoms with van der Waals surface area (Å²) in [6.45, 7) is 2.12. The Morgan fingerprint density at radius 3 is 3.00 bits per heavy atom. The highest BCUT2D eigenvalue weighted by Gasteiger charge is 2.13. The molecule has 1 aliphatic rings. The molecule has 0 unspecified atom stereocenters. The van der Waals surface area contributed by atoms with Crippen molar-refractivity contribution in [1.82, 2.24) is 15.3 Å². The van der Waals surface area contributed by atoms with Gasteiger partial charge in [0.2, 0.25) is 0 Å². The highest BCUT2D eigenvalue weighted by atomic mass is 35.5. The summed E-state index contributed by atoms with van der Waals surface area (Å²) in [6, 6.07) is 5.52. The van der Waals surface area contributed by atoms with E-state index in [1.165, 1.54) is 0 Å². The molecule has 1 saturated heterocycles. The maximum absolute atomic E-state index is 12.0. The Labute approximate surface area is 121 Å². The minimum Gasteiger partial charge on any atom is -0.381 e. The lowest BCUT2D eigenvalue weighted by molar-refractivity contribution is 0.0774. The summed E-state index contributed by atoms with van der Waals surface area (Å²) < 4.78 is 5.31. The molecule has 0 saturated carbocycles. The number of rotatable bonds is 3. The van der Waals surface area contributed by atoms with Gasteiger partial charge in [0.1, 0.15) is 5.82 Å². The number of halogens is 1. The van der Waals surface area contributed by atoms with Gasteiger partial charge >= 0.3 is 0 Å². The van der Waals surface area contributed by atoms with Crippen LogP contribution in [0.15, 0.2) is 23.0 Å². The summed E-state index contributed by atoms with van der Waals surface area (Å²) in [4.78, 5) is 19.2. The van der Waals surface area contributed by atoms with E-state index < -0.39 is 0 Å². The highest BCUT2D eigenvalue weighted by molar-refractivity contribution is 6.31. The first-order chi connectivity index (χ1) is 9.72. The molecule has 0 radical (unpaired) electrons. The van der Waals surface area contributed by atoms with Crippen molar-refractivity contribution < 1.29 is 4.74 Å². The standard InChI is InChI=1S/C14H16ClN3O2/c15-9-1-2-11-12(7-9)17-13(18-14(11)19)8-16-10-3-5-20-6-4-10/h1-2,7,10,16H,3-6,8H2,(H,17,18,19). The Kier molecular flexibility index (Phi) is 4.00. The molecule has 1 aromatic heterocycles. The van der Waals surface area contributed by atoms with Crippen LogP contribution in [-0.4, -0.2) is 29.2 Å². The van der Waals surface area contributed by atoms with Crippen molar-refractivity contribution >= 4 is 22.5 Å². The number of fused-ring (bicyclic) bond motifs is 1. The van der Waals surface area contributed by atoms with E-state index >= 15 is 0 Å². The number of hydrogen-bond acceptors (Lipinski definition) is 4. The topological polar surface area (TPSA) is 67.0 Å². The number of hydrogen-bond donors (Lipinski definition) is 2. The quantitative estimate of drug-likeness (QED) is 0.906. The fourth-order valence-electron chi connectivity index (χ4n) is 2.39. The van der Waals surface area contributed by atoms with Crippen LogP contribution in [0.2, 0.25) is 5.02 Å². The molecule has 0 bridgehead atoms. The fraction of sp³-hybridized carbons (Fsp3) is 0.429. The summed E-state index contributed by atoms with van der Waals surface area (Å²) >= 11 is 5.94. The Balaban J connectivity index is 1.79. The van der Waals surface area contributed by atoms with Crippen molar-refractivity contribution in [2.24, 2.45) is 0 Å². The van der Waals surface area contributed by atoms with Gasteiger partial charge in [-0.2, -0.15) is 0 Å². The first-order valence-electron chi connectivity index (χ1n) is 6.72. The van der Waals surface area contributed by atoms with Crippen molar-refractivity contribution in [3.05, 3.63) is 39.4 Å². The number of benzene rings is 1. The maximum Gasteiger partial charge on any atom is 0.258 e. The number of aromatic nitrogens is 2. The summed E-state index contributed by atoms with van der Waals surface area (Å²) in [7, 11) is 0. The molecular formula is C14H16ClN3O2. The van der Waals surface area contributed by atoms with Gasteiger partial charge in [-0.25, -0.2) is 4.98 Å². The molecule has 0 spiro atoms. The molecule has 20 heavy (non-hydrogen) atoms. The van der Waals surface area contributed by atoms with E-state index in [0.29, 0.717) is 34.3 Å². The SMILES string of the molecule is O=c1[nH]c(CNC2CCOCC2)nc2cc(Cl)ccc12. The second-order valence-corrected chi connectivity index (χ2v) is 5.38. The van der Waals surface area contributed by atoms with Crippen LogP contribution in [0.25, 0.3) is 10.9 Å². The lowest BCUT2D eigenvalue weighted by atomic mass is 10.1. The molecule has 106 valence electrons. The van der Waals surface area contributed by atoms with Crippen molar-refractivity contribution in [2.45, 2.75) is 25.4 Å². The van der Waals surface area contributed by atoms with Crippen LogP contribution in [0.5, 0.6) is 0 Å². The van der Waals surface area contributed by atoms with E-state index in [4.69, 9.17) is 16.3 Å². The van der Waals surface area contributed by atoms with Gasteiger partial charge in [0.05, 0.1) is 17.4 Å². The van der Waals surface area contributed by atoms with Crippen LogP contribution in [-0.2, 0) is 11.3 Å². The van der Waals surface area contributed by atoms with E-state index in [0.717, 1.165) is 26.1 Å². The first kappa shape index (κ1) is 13.5. The number of aromatic amines is 1. The van der Waals surface area contributed by atoms with Crippen LogP contribution in [0.4, 0.5) is 0 Å². The van der Waals surface area contributed by atoms with Gasteiger partial charge in [-0.15, -0.1) is 0 Å². The van der Waals surface area contributed by atoms with E-state index in [9.17, 15) is 4.79 Å². The third kappa shape index (κ3) is 3.00. The molecular weight excluding hydrogens is 278 g/mol. The predicted octanol–water partition coefficient (Wildman–Crippen LogP) is 1.85. The average Bonchev–Trinajstić information content (AvgIpc) is 2.46. The molecule has 0 amide bonds.